The average molecular weight is 339 g/mol. The fourth-order valence-electron chi connectivity index (χ4n) is 2.75. The molecule has 130 valence electrons. The van der Waals surface area contributed by atoms with E-state index in [-0.39, 0.29) is 23.8 Å². The third-order valence-electron chi connectivity index (χ3n) is 3.80. The number of hydrogen-bond acceptors (Lipinski definition) is 4. The van der Waals surface area contributed by atoms with Crippen molar-refractivity contribution < 1.29 is 4.79 Å². The molecule has 25 heavy (non-hydrogen) atoms. The molecular formula is C18H21N5O2. The maximum Gasteiger partial charge on any atom is 0.274 e. The Morgan fingerprint density at radius 3 is 2.60 bits per heavy atom. The predicted molar refractivity (Wildman–Crippen MR) is 96.4 cm³/mol. The summed E-state index contributed by atoms with van der Waals surface area (Å²) in [6.45, 7) is 4.57. The van der Waals surface area contributed by atoms with Crippen molar-refractivity contribution in [2.75, 3.05) is 5.32 Å². The first kappa shape index (κ1) is 16.9. The van der Waals surface area contributed by atoms with Gasteiger partial charge in [0.1, 0.15) is 0 Å². The molecule has 0 spiro atoms. The van der Waals surface area contributed by atoms with E-state index in [0.29, 0.717) is 28.7 Å². The van der Waals surface area contributed by atoms with Crippen molar-refractivity contribution in [3.05, 3.63) is 52.7 Å². The molecule has 2 heterocycles. The van der Waals surface area contributed by atoms with Crippen LogP contribution in [0, 0.1) is 5.92 Å². The quantitative estimate of drug-likeness (QED) is 0.770. The standard InChI is InChI=1S/C18H21N5O2/c1-12(2)10-23-18(25)15-7-5-4-6-14(15)16(21-23)8-17(24)20-13-9-19-22(3)11-13/h4-7,9,11-12H,8,10H2,1-3H3,(H,20,24). The second-order valence-corrected chi connectivity index (χ2v) is 6.50. The summed E-state index contributed by atoms with van der Waals surface area (Å²) in [5.74, 6) is 0.0869. The Bertz CT molecular complexity index is 971. The van der Waals surface area contributed by atoms with Gasteiger partial charge in [-0.2, -0.15) is 10.2 Å². The van der Waals surface area contributed by atoms with Gasteiger partial charge in [-0.3, -0.25) is 14.3 Å². The highest BCUT2D eigenvalue weighted by molar-refractivity contribution is 5.95. The largest absolute Gasteiger partial charge is 0.323 e. The molecule has 0 bridgehead atoms. The molecule has 1 aromatic carbocycles. The van der Waals surface area contributed by atoms with Crippen LogP contribution in [-0.4, -0.2) is 25.5 Å². The molecule has 0 radical (unpaired) electrons. The van der Waals surface area contributed by atoms with Gasteiger partial charge in [0.05, 0.1) is 29.4 Å². The zero-order valence-electron chi connectivity index (χ0n) is 14.6. The maximum atomic E-state index is 12.6. The lowest BCUT2D eigenvalue weighted by atomic mass is 10.1. The van der Waals surface area contributed by atoms with Gasteiger partial charge in [0.25, 0.3) is 5.56 Å². The zero-order chi connectivity index (χ0) is 18.0. The van der Waals surface area contributed by atoms with Gasteiger partial charge in [0.15, 0.2) is 0 Å². The van der Waals surface area contributed by atoms with Crippen LogP contribution in [0.5, 0.6) is 0 Å². The number of benzene rings is 1. The van der Waals surface area contributed by atoms with Gasteiger partial charge in [-0.05, 0) is 12.0 Å². The van der Waals surface area contributed by atoms with Crippen molar-refractivity contribution in [2.24, 2.45) is 13.0 Å². The Balaban J connectivity index is 1.95. The first-order valence-electron chi connectivity index (χ1n) is 8.21. The van der Waals surface area contributed by atoms with Crippen LogP contribution in [0.25, 0.3) is 10.8 Å². The molecule has 0 fully saturated rings. The van der Waals surface area contributed by atoms with Crippen molar-refractivity contribution >= 4 is 22.4 Å². The Morgan fingerprint density at radius 2 is 1.96 bits per heavy atom. The van der Waals surface area contributed by atoms with E-state index in [4.69, 9.17) is 0 Å². The summed E-state index contributed by atoms with van der Waals surface area (Å²) in [7, 11) is 1.78. The van der Waals surface area contributed by atoms with E-state index < -0.39 is 0 Å². The molecule has 0 aliphatic carbocycles. The molecule has 2 aromatic heterocycles. The molecule has 0 aliphatic heterocycles. The van der Waals surface area contributed by atoms with E-state index >= 15 is 0 Å². The van der Waals surface area contributed by atoms with Gasteiger partial charge in [0, 0.05) is 25.2 Å². The Kier molecular flexibility index (Phi) is 4.65. The Labute approximate surface area is 145 Å². The molecule has 0 unspecified atom stereocenters. The number of anilines is 1. The molecule has 1 amide bonds. The molecule has 1 N–H and O–H groups in total. The number of amides is 1. The topological polar surface area (TPSA) is 81.8 Å². The lowest BCUT2D eigenvalue weighted by molar-refractivity contribution is -0.115. The number of hydrogen-bond donors (Lipinski definition) is 1. The van der Waals surface area contributed by atoms with Crippen molar-refractivity contribution in [2.45, 2.75) is 26.8 Å². The molecule has 0 atom stereocenters. The van der Waals surface area contributed by atoms with Crippen molar-refractivity contribution in [1.29, 1.82) is 0 Å². The summed E-state index contributed by atoms with van der Waals surface area (Å²) in [5.41, 5.74) is 1.10. The number of nitrogens with one attached hydrogen (secondary N) is 1. The van der Waals surface area contributed by atoms with Crippen LogP contribution >= 0.6 is 0 Å². The number of nitrogens with zero attached hydrogens (tertiary/aromatic N) is 4. The predicted octanol–water partition coefficient (Wildman–Crippen LogP) is 1.97. The fourth-order valence-corrected chi connectivity index (χ4v) is 2.75. The number of aromatic nitrogens is 4. The molecule has 0 saturated heterocycles. The summed E-state index contributed by atoms with van der Waals surface area (Å²) in [5, 5.41) is 12.6. The van der Waals surface area contributed by atoms with E-state index in [2.05, 4.69) is 15.5 Å². The summed E-state index contributed by atoms with van der Waals surface area (Å²) < 4.78 is 3.08. The molecule has 7 nitrogen and oxygen atoms in total. The van der Waals surface area contributed by atoms with Gasteiger partial charge < -0.3 is 5.32 Å². The van der Waals surface area contributed by atoms with Crippen molar-refractivity contribution in [3.8, 4) is 0 Å². The van der Waals surface area contributed by atoms with Crippen LogP contribution in [0.4, 0.5) is 5.69 Å². The average Bonchev–Trinajstić information content (AvgIpc) is 2.96. The highest BCUT2D eigenvalue weighted by Crippen LogP contribution is 2.15. The maximum absolute atomic E-state index is 12.6. The van der Waals surface area contributed by atoms with E-state index in [0.717, 1.165) is 0 Å². The minimum Gasteiger partial charge on any atom is -0.323 e. The SMILES string of the molecule is CC(C)Cn1nc(CC(=O)Nc2cnn(C)c2)c2ccccc2c1=O. The highest BCUT2D eigenvalue weighted by atomic mass is 16.1. The van der Waals surface area contributed by atoms with Gasteiger partial charge >= 0.3 is 0 Å². The van der Waals surface area contributed by atoms with E-state index in [1.165, 1.54) is 4.68 Å². The number of aryl methyl sites for hydroxylation is 1. The van der Waals surface area contributed by atoms with Gasteiger partial charge in [-0.15, -0.1) is 0 Å². The highest BCUT2D eigenvalue weighted by Gasteiger charge is 2.14. The van der Waals surface area contributed by atoms with E-state index in [9.17, 15) is 9.59 Å². The van der Waals surface area contributed by atoms with Gasteiger partial charge in [-0.1, -0.05) is 32.0 Å². The second kappa shape index (κ2) is 6.88. The van der Waals surface area contributed by atoms with Gasteiger partial charge in [0.2, 0.25) is 5.91 Å². The summed E-state index contributed by atoms with van der Waals surface area (Å²) in [6.07, 6.45) is 3.40. The summed E-state index contributed by atoms with van der Waals surface area (Å²) >= 11 is 0. The molecule has 3 rings (SSSR count). The summed E-state index contributed by atoms with van der Waals surface area (Å²) in [6, 6.07) is 7.27. The third-order valence-corrected chi connectivity index (χ3v) is 3.80. The monoisotopic (exact) mass is 339 g/mol. The number of carbonyl (C=O) groups is 1. The van der Waals surface area contributed by atoms with Crippen LogP contribution in [-0.2, 0) is 24.8 Å². The fraction of sp³-hybridized carbons (Fsp3) is 0.333. The smallest absolute Gasteiger partial charge is 0.274 e. The molecule has 0 saturated carbocycles. The normalized spacial score (nSPS) is 11.2. The Hall–Kier alpha value is -2.96. The number of rotatable bonds is 5. The van der Waals surface area contributed by atoms with Crippen LogP contribution in [0.1, 0.15) is 19.5 Å². The van der Waals surface area contributed by atoms with Crippen LogP contribution in [0.15, 0.2) is 41.5 Å². The second-order valence-electron chi connectivity index (χ2n) is 6.50. The zero-order valence-corrected chi connectivity index (χ0v) is 14.6. The van der Waals surface area contributed by atoms with Crippen LogP contribution in [0.2, 0.25) is 0 Å². The lowest BCUT2D eigenvalue weighted by Gasteiger charge is -2.12. The molecule has 0 aliphatic rings. The lowest BCUT2D eigenvalue weighted by Crippen LogP contribution is -2.28. The first-order chi connectivity index (χ1) is 11.9. The third kappa shape index (κ3) is 3.76. The minimum atomic E-state index is -0.194. The van der Waals surface area contributed by atoms with E-state index in [1.807, 2.05) is 32.0 Å². The van der Waals surface area contributed by atoms with Crippen molar-refractivity contribution in [1.82, 2.24) is 19.6 Å². The molecule has 3 aromatic rings. The first-order valence-corrected chi connectivity index (χ1v) is 8.21. The molecule has 7 heteroatoms. The van der Waals surface area contributed by atoms with Crippen LogP contribution in [0.3, 0.4) is 0 Å². The Morgan fingerprint density at radius 1 is 1.24 bits per heavy atom. The number of carbonyl (C=O) groups excluding carboxylic acids is 1. The van der Waals surface area contributed by atoms with E-state index in [1.54, 1.807) is 30.2 Å². The molecular weight excluding hydrogens is 318 g/mol. The van der Waals surface area contributed by atoms with Gasteiger partial charge in [-0.25, -0.2) is 4.68 Å². The van der Waals surface area contributed by atoms with Crippen LogP contribution < -0.4 is 10.9 Å². The number of fused-ring (bicyclic) bond motifs is 1. The van der Waals surface area contributed by atoms with Crippen molar-refractivity contribution in [3.63, 3.8) is 0 Å². The minimum absolute atomic E-state index is 0.0911. The summed E-state index contributed by atoms with van der Waals surface area (Å²) in [4.78, 5) is 25.0.